The summed E-state index contributed by atoms with van der Waals surface area (Å²) >= 11 is 6.08. The van der Waals surface area contributed by atoms with E-state index in [0.29, 0.717) is 46.8 Å². The number of benzene rings is 2. The second-order valence-corrected chi connectivity index (χ2v) is 9.14. The summed E-state index contributed by atoms with van der Waals surface area (Å²) in [5, 5.41) is 24.2. The molecule has 2 aromatic carbocycles. The van der Waals surface area contributed by atoms with E-state index in [1.165, 1.54) is 12.8 Å². The summed E-state index contributed by atoms with van der Waals surface area (Å²) in [6.45, 7) is 3.01. The molecule has 0 saturated heterocycles. The van der Waals surface area contributed by atoms with Gasteiger partial charge in [0, 0.05) is 18.1 Å². The Morgan fingerprint density at radius 3 is 2.62 bits per heavy atom. The van der Waals surface area contributed by atoms with Gasteiger partial charge in [0.2, 0.25) is 5.82 Å². The van der Waals surface area contributed by atoms with Crippen LogP contribution in [0.15, 0.2) is 42.5 Å². The minimum atomic E-state index is -1.22. The van der Waals surface area contributed by atoms with E-state index in [9.17, 15) is 15.0 Å². The lowest BCUT2D eigenvalue weighted by atomic mass is 10.1. The van der Waals surface area contributed by atoms with Gasteiger partial charge in [0.1, 0.15) is 17.1 Å². The average molecular weight is 478 g/mol. The minimum absolute atomic E-state index is 0.0768. The molecule has 1 aliphatic carbocycles. The van der Waals surface area contributed by atoms with Crippen molar-refractivity contribution in [1.82, 2.24) is 19.5 Å². The van der Waals surface area contributed by atoms with Crippen molar-refractivity contribution < 1.29 is 15.0 Å². The topological polar surface area (TPSA) is 113 Å². The number of hydrogen-bond acceptors (Lipinski definition) is 6. The Labute approximate surface area is 201 Å². The van der Waals surface area contributed by atoms with Crippen LogP contribution in [0.3, 0.4) is 0 Å². The van der Waals surface area contributed by atoms with E-state index in [1.807, 2.05) is 47.9 Å². The molecule has 9 heteroatoms. The quantitative estimate of drug-likeness (QED) is 0.323. The Balaban J connectivity index is 1.70. The van der Waals surface area contributed by atoms with Crippen molar-refractivity contribution in [2.24, 2.45) is 5.92 Å². The highest BCUT2D eigenvalue weighted by atomic mass is 35.5. The average Bonchev–Trinajstić information content (AvgIpc) is 3.57. The van der Waals surface area contributed by atoms with Crippen LogP contribution in [0.5, 0.6) is 5.75 Å². The van der Waals surface area contributed by atoms with Crippen molar-refractivity contribution in [3.05, 3.63) is 64.4 Å². The maximum atomic E-state index is 11.7. The van der Waals surface area contributed by atoms with Gasteiger partial charge in [-0.3, -0.25) is 0 Å². The first kappa shape index (κ1) is 22.2. The number of rotatable bonds is 8. The summed E-state index contributed by atoms with van der Waals surface area (Å²) in [6, 6.07) is 12.8. The van der Waals surface area contributed by atoms with Crippen molar-refractivity contribution in [3.8, 4) is 17.1 Å². The third-order valence-corrected chi connectivity index (χ3v) is 6.24. The van der Waals surface area contributed by atoms with E-state index >= 15 is 0 Å². The number of phenolic OH excluding ortho intramolecular Hbond substituents is 1. The molecule has 174 valence electrons. The number of nitrogens with zero attached hydrogens (tertiary/aromatic N) is 4. The molecule has 8 nitrogen and oxygen atoms in total. The van der Waals surface area contributed by atoms with Crippen LogP contribution in [-0.4, -0.2) is 42.2 Å². The largest absolute Gasteiger partial charge is 0.507 e. The summed E-state index contributed by atoms with van der Waals surface area (Å²) in [6.07, 6.45) is 3.45. The smallest absolute Gasteiger partial charge is 0.374 e. The number of carbonyl (C=O) groups is 1. The molecule has 3 N–H and O–H groups in total. The molecule has 0 atom stereocenters. The van der Waals surface area contributed by atoms with E-state index in [4.69, 9.17) is 11.6 Å². The fourth-order valence-electron chi connectivity index (χ4n) is 4.02. The van der Waals surface area contributed by atoms with E-state index < -0.39 is 5.97 Å². The maximum absolute atomic E-state index is 11.7. The van der Waals surface area contributed by atoms with Gasteiger partial charge in [0.15, 0.2) is 11.5 Å². The molecule has 0 radical (unpaired) electrons. The number of aromatic nitrogens is 4. The monoisotopic (exact) mass is 477 g/mol. The zero-order valence-corrected chi connectivity index (χ0v) is 19.4. The Kier molecular flexibility index (Phi) is 5.83. The molecular weight excluding hydrogens is 454 g/mol. The molecule has 2 heterocycles. The zero-order valence-electron chi connectivity index (χ0n) is 18.6. The van der Waals surface area contributed by atoms with Crippen molar-refractivity contribution >= 4 is 34.6 Å². The Hall–Kier alpha value is -3.65. The lowest BCUT2D eigenvalue weighted by Crippen LogP contribution is -2.12. The SMILES string of the molecule is Cc1ccc(O)c(-c2nc3nc(C(=O)O)nc(NCCC4CC4)c3n2Cc2ccc(Cl)cc2)c1. The Morgan fingerprint density at radius 2 is 1.91 bits per heavy atom. The lowest BCUT2D eigenvalue weighted by Gasteiger charge is -2.14. The van der Waals surface area contributed by atoms with Crippen LogP contribution >= 0.6 is 11.6 Å². The molecular formula is C25H24ClN5O3. The first-order valence-electron chi connectivity index (χ1n) is 11.2. The summed E-state index contributed by atoms with van der Waals surface area (Å²) in [5.74, 6) is 0.142. The fraction of sp³-hybridized carbons (Fsp3) is 0.280. The third kappa shape index (κ3) is 4.54. The molecule has 1 saturated carbocycles. The molecule has 1 aliphatic rings. The number of halogens is 1. The van der Waals surface area contributed by atoms with Gasteiger partial charge in [-0.2, -0.15) is 0 Å². The zero-order chi connectivity index (χ0) is 23.8. The molecule has 2 aromatic heterocycles. The predicted molar refractivity (Wildman–Crippen MR) is 131 cm³/mol. The van der Waals surface area contributed by atoms with Gasteiger partial charge < -0.3 is 20.1 Å². The first-order valence-corrected chi connectivity index (χ1v) is 11.6. The number of fused-ring (bicyclic) bond motifs is 1. The molecule has 34 heavy (non-hydrogen) atoms. The normalized spacial score (nSPS) is 13.4. The van der Waals surface area contributed by atoms with Crippen LogP contribution in [0.25, 0.3) is 22.6 Å². The van der Waals surface area contributed by atoms with Gasteiger partial charge in [-0.05, 0) is 49.1 Å². The van der Waals surface area contributed by atoms with Crippen molar-refractivity contribution in [3.63, 3.8) is 0 Å². The van der Waals surface area contributed by atoms with Crippen LogP contribution in [0.4, 0.5) is 5.82 Å². The van der Waals surface area contributed by atoms with Crippen LogP contribution in [0.1, 0.15) is 41.0 Å². The predicted octanol–water partition coefficient (Wildman–Crippen LogP) is 5.12. The number of aromatic hydroxyl groups is 1. The highest BCUT2D eigenvalue weighted by molar-refractivity contribution is 6.30. The van der Waals surface area contributed by atoms with Crippen LogP contribution in [0, 0.1) is 12.8 Å². The minimum Gasteiger partial charge on any atom is -0.507 e. The summed E-state index contributed by atoms with van der Waals surface area (Å²) in [4.78, 5) is 24.9. The van der Waals surface area contributed by atoms with Gasteiger partial charge in [0.05, 0.1) is 5.56 Å². The van der Waals surface area contributed by atoms with E-state index in [1.54, 1.807) is 6.07 Å². The van der Waals surface area contributed by atoms with Crippen LogP contribution in [0.2, 0.25) is 5.02 Å². The van der Waals surface area contributed by atoms with Gasteiger partial charge in [-0.25, -0.2) is 19.7 Å². The molecule has 4 aromatic rings. The third-order valence-electron chi connectivity index (χ3n) is 5.98. The van der Waals surface area contributed by atoms with Crippen LogP contribution < -0.4 is 5.32 Å². The van der Waals surface area contributed by atoms with E-state index in [0.717, 1.165) is 17.5 Å². The second-order valence-electron chi connectivity index (χ2n) is 8.70. The molecule has 0 spiro atoms. The summed E-state index contributed by atoms with van der Waals surface area (Å²) in [7, 11) is 0. The van der Waals surface area contributed by atoms with E-state index in [-0.39, 0.29) is 17.2 Å². The summed E-state index contributed by atoms with van der Waals surface area (Å²) < 4.78 is 1.91. The van der Waals surface area contributed by atoms with Crippen molar-refractivity contribution in [2.45, 2.75) is 32.7 Å². The number of hydrogen-bond donors (Lipinski definition) is 3. The van der Waals surface area contributed by atoms with Crippen LogP contribution in [-0.2, 0) is 6.54 Å². The number of anilines is 1. The van der Waals surface area contributed by atoms with Gasteiger partial charge in [-0.15, -0.1) is 0 Å². The highest BCUT2D eigenvalue weighted by Gasteiger charge is 2.24. The number of nitrogens with one attached hydrogen (secondary N) is 1. The maximum Gasteiger partial charge on any atom is 0.374 e. The molecule has 0 unspecified atom stereocenters. The number of carboxylic acid groups (broad SMARTS) is 1. The first-order chi connectivity index (χ1) is 16.4. The number of aryl methyl sites for hydroxylation is 1. The van der Waals surface area contributed by atoms with E-state index in [2.05, 4.69) is 20.3 Å². The summed E-state index contributed by atoms with van der Waals surface area (Å²) in [5.41, 5.74) is 3.30. The molecule has 1 fully saturated rings. The lowest BCUT2D eigenvalue weighted by molar-refractivity contribution is 0.0684. The van der Waals surface area contributed by atoms with Gasteiger partial charge in [-0.1, -0.05) is 48.2 Å². The number of phenols is 1. The molecule has 0 aliphatic heterocycles. The molecule has 0 amide bonds. The Morgan fingerprint density at radius 1 is 1.15 bits per heavy atom. The van der Waals surface area contributed by atoms with Crippen molar-refractivity contribution in [2.75, 3.05) is 11.9 Å². The number of aromatic carboxylic acids is 1. The standard InChI is InChI=1S/C25H24ClN5O3/c1-14-2-9-19(32)18(12-14)24-30-22-20(31(24)13-16-5-7-17(26)8-6-16)21(27-11-10-15-3-4-15)28-23(29-22)25(33)34/h2,5-9,12,15,32H,3-4,10-11,13H2,1H3,(H,33,34)(H,27,28,29). The number of imidazole rings is 1. The van der Waals surface area contributed by atoms with Crippen molar-refractivity contribution in [1.29, 1.82) is 0 Å². The number of carboxylic acids is 1. The molecule has 0 bridgehead atoms. The highest BCUT2D eigenvalue weighted by Crippen LogP contribution is 2.35. The van der Waals surface area contributed by atoms with Gasteiger partial charge in [0.25, 0.3) is 0 Å². The Bertz CT molecular complexity index is 1380. The second kappa shape index (κ2) is 8.95. The molecule has 5 rings (SSSR count). The fourth-order valence-corrected chi connectivity index (χ4v) is 4.14. The van der Waals surface area contributed by atoms with Gasteiger partial charge >= 0.3 is 5.97 Å².